The average Bonchev–Trinajstić information content (AvgIpc) is 3.20. The van der Waals surface area contributed by atoms with Gasteiger partial charge in [0.25, 0.3) is 0 Å². The molecule has 5 nitrogen and oxygen atoms in total. The highest BCUT2D eigenvalue weighted by Gasteiger charge is 2.08. The molecule has 0 unspecified atom stereocenters. The van der Waals surface area contributed by atoms with Crippen molar-refractivity contribution in [3.05, 3.63) is 78.4 Å². The molecule has 0 aliphatic heterocycles. The molecule has 5 heteroatoms. The molecule has 0 aliphatic carbocycles. The number of carbonyl (C=O) groups excluding carboxylic acids is 1. The summed E-state index contributed by atoms with van der Waals surface area (Å²) in [5.74, 6) is 1.26. The van der Waals surface area contributed by atoms with Gasteiger partial charge in [-0.1, -0.05) is 42.5 Å². The third kappa shape index (κ3) is 4.04. The van der Waals surface area contributed by atoms with Crippen LogP contribution in [0.2, 0.25) is 0 Å². The lowest BCUT2D eigenvalue weighted by atomic mass is 10.0. The molecule has 0 saturated heterocycles. The highest BCUT2D eigenvalue weighted by Crippen LogP contribution is 2.22. The molecule has 1 aromatic heterocycles. The number of benzene rings is 3. The first-order chi connectivity index (χ1) is 13.7. The average molecular weight is 371 g/mol. The number of aryl methyl sites for hydroxylation is 1. The Morgan fingerprint density at radius 1 is 1.00 bits per heavy atom. The number of rotatable bonds is 6. The van der Waals surface area contributed by atoms with E-state index >= 15 is 0 Å². The number of aromatic nitrogens is 2. The van der Waals surface area contributed by atoms with Gasteiger partial charge in [-0.3, -0.25) is 9.89 Å². The fourth-order valence-electron chi connectivity index (χ4n) is 3.16. The fraction of sp³-hybridized carbons (Fsp3) is 0.130. The second kappa shape index (κ2) is 7.96. The Morgan fingerprint density at radius 3 is 2.57 bits per heavy atom. The van der Waals surface area contributed by atoms with Gasteiger partial charge >= 0.3 is 0 Å². The van der Waals surface area contributed by atoms with Gasteiger partial charge in [0.2, 0.25) is 5.91 Å². The molecular formula is C23H21N3O2. The molecule has 0 atom stereocenters. The van der Waals surface area contributed by atoms with Crippen molar-refractivity contribution in [1.82, 2.24) is 10.2 Å². The first kappa shape index (κ1) is 17.8. The van der Waals surface area contributed by atoms with Crippen LogP contribution in [0.15, 0.2) is 72.8 Å². The van der Waals surface area contributed by atoms with Crippen molar-refractivity contribution in [2.24, 2.45) is 0 Å². The summed E-state index contributed by atoms with van der Waals surface area (Å²) < 4.78 is 5.17. The van der Waals surface area contributed by atoms with E-state index in [1.54, 1.807) is 7.11 Å². The number of hydrogen-bond acceptors (Lipinski definition) is 3. The van der Waals surface area contributed by atoms with Crippen LogP contribution in [-0.2, 0) is 11.2 Å². The number of nitrogens with one attached hydrogen (secondary N) is 2. The predicted molar refractivity (Wildman–Crippen MR) is 111 cm³/mol. The summed E-state index contributed by atoms with van der Waals surface area (Å²) in [6.45, 7) is 0. The Kier molecular flexibility index (Phi) is 5.06. The van der Waals surface area contributed by atoms with Gasteiger partial charge in [-0.05, 0) is 52.6 Å². The van der Waals surface area contributed by atoms with Gasteiger partial charge in [-0.25, -0.2) is 0 Å². The number of hydrogen-bond donors (Lipinski definition) is 2. The molecular weight excluding hydrogens is 350 g/mol. The Hall–Kier alpha value is -3.60. The summed E-state index contributed by atoms with van der Waals surface area (Å²) in [5, 5.41) is 12.4. The summed E-state index contributed by atoms with van der Waals surface area (Å²) in [5.41, 5.74) is 2.97. The third-order valence-corrected chi connectivity index (χ3v) is 4.70. The Balaban J connectivity index is 1.36. The van der Waals surface area contributed by atoms with Gasteiger partial charge in [0.1, 0.15) is 5.75 Å². The van der Waals surface area contributed by atoms with E-state index in [9.17, 15) is 4.79 Å². The van der Waals surface area contributed by atoms with Crippen LogP contribution >= 0.6 is 0 Å². The molecule has 4 rings (SSSR count). The molecule has 0 bridgehead atoms. The van der Waals surface area contributed by atoms with Crippen LogP contribution in [0.25, 0.3) is 22.0 Å². The van der Waals surface area contributed by atoms with E-state index in [2.05, 4.69) is 45.8 Å². The van der Waals surface area contributed by atoms with Gasteiger partial charge in [-0.15, -0.1) is 0 Å². The van der Waals surface area contributed by atoms with E-state index in [1.165, 1.54) is 10.8 Å². The molecule has 2 N–H and O–H groups in total. The van der Waals surface area contributed by atoms with Crippen molar-refractivity contribution in [2.45, 2.75) is 12.8 Å². The third-order valence-electron chi connectivity index (χ3n) is 4.70. The zero-order chi connectivity index (χ0) is 19.3. The van der Waals surface area contributed by atoms with E-state index in [4.69, 9.17) is 4.74 Å². The standard InChI is InChI=1S/C23H21N3O2/c1-28-20-11-9-18(10-12-20)21-15-22(26-25-21)24-23(27)13-7-16-6-8-17-4-2-3-5-19(17)14-16/h2-6,8-12,14-15H,7,13H2,1H3,(H2,24,25,26,27). The van der Waals surface area contributed by atoms with Crippen molar-refractivity contribution >= 4 is 22.5 Å². The van der Waals surface area contributed by atoms with E-state index in [0.717, 1.165) is 22.6 Å². The lowest BCUT2D eigenvalue weighted by molar-refractivity contribution is -0.116. The Labute approximate surface area is 163 Å². The van der Waals surface area contributed by atoms with Crippen molar-refractivity contribution in [3.63, 3.8) is 0 Å². The van der Waals surface area contributed by atoms with Crippen LogP contribution in [0.3, 0.4) is 0 Å². The number of ether oxygens (including phenoxy) is 1. The summed E-state index contributed by atoms with van der Waals surface area (Å²) in [7, 11) is 1.64. The maximum Gasteiger partial charge on any atom is 0.225 e. The van der Waals surface area contributed by atoms with Gasteiger partial charge in [-0.2, -0.15) is 5.10 Å². The van der Waals surface area contributed by atoms with Crippen molar-refractivity contribution in [3.8, 4) is 17.0 Å². The number of nitrogens with zero attached hydrogens (tertiary/aromatic N) is 1. The summed E-state index contributed by atoms with van der Waals surface area (Å²) in [6.07, 6.45) is 1.09. The Bertz CT molecular complexity index is 1100. The number of H-pyrrole nitrogens is 1. The minimum absolute atomic E-state index is 0.0547. The Morgan fingerprint density at radius 2 is 1.79 bits per heavy atom. The molecule has 1 amide bonds. The van der Waals surface area contributed by atoms with Gasteiger partial charge in [0, 0.05) is 12.5 Å². The number of methoxy groups -OCH3 is 1. The maximum atomic E-state index is 12.3. The minimum atomic E-state index is -0.0547. The van der Waals surface area contributed by atoms with E-state index in [1.807, 2.05) is 42.5 Å². The van der Waals surface area contributed by atoms with E-state index < -0.39 is 0 Å². The molecule has 3 aromatic carbocycles. The topological polar surface area (TPSA) is 67.0 Å². The van der Waals surface area contributed by atoms with Crippen LogP contribution in [0.1, 0.15) is 12.0 Å². The quantitative estimate of drug-likeness (QED) is 0.511. The highest BCUT2D eigenvalue weighted by molar-refractivity contribution is 5.90. The predicted octanol–water partition coefficient (Wildman–Crippen LogP) is 4.81. The van der Waals surface area contributed by atoms with Crippen LogP contribution < -0.4 is 10.1 Å². The number of anilines is 1. The molecule has 0 fully saturated rings. The van der Waals surface area contributed by atoms with Gasteiger partial charge in [0.05, 0.1) is 12.8 Å². The SMILES string of the molecule is COc1ccc(-c2cc(NC(=O)CCc3ccc4ccccc4c3)n[nH]2)cc1. The number of fused-ring (bicyclic) bond motifs is 1. The lowest BCUT2D eigenvalue weighted by Crippen LogP contribution is -2.12. The summed E-state index contributed by atoms with van der Waals surface area (Å²) >= 11 is 0. The van der Waals surface area contributed by atoms with E-state index in [-0.39, 0.29) is 5.91 Å². The maximum absolute atomic E-state index is 12.3. The molecule has 4 aromatic rings. The number of aromatic amines is 1. The normalized spacial score (nSPS) is 10.8. The molecule has 0 spiro atoms. The molecule has 0 aliphatic rings. The van der Waals surface area contributed by atoms with Crippen LogP contribution in [-0.4, -0.2) is 23.2 Å². The van der Waals surface area contributed by atoms with Crippen LogP contribution in [0, 0.1) is 0 Å². The largest absolute Gasteiger partial charge is 0.497 e. The molecule has 140 valence electrons. The lowest BCUT2D eigenvalue weighted by Gasteiger charge is -2.04. The van der Waals surface area contributed by atoms with Crippen LogP contribution in [0.4, 0.5) is 5.82 Å². The van der Waals surface area contributed by atoms with Gasteiger partial charge < -0.3 is 10.1 Å². The van der Waals surface area contributed by atoms with Gasteiger partial charge in [0.15, 0.2) is 5.82 Å². The van der Waals surface area contributed by atoms with Crippen molar-refractivity contribution in [1.29, 1.82) is 0 Å². The van der Waals surface area contributed by atoms with Crippen molar-refractivity contribution in [2.75, 3.05) is 12.4 Å². The minimum Gasteiger partial charge on any atom is -0.497 e. The molecule has 1 heterocycles. The second-order valence-corrected chi connectivity index (χ2v) is 6.63. The van der Waals surface area contributed by atoms with Crippen molar-refractivity contribution < 1.29 is 9.53 Å². The molecule has 28 heavy (non-hydrogen) atoms. The fourth-order valence-corrected chi connectivity index (χ4v) is 3.16. The summed E-state index contributed by atoms with van der Waals surface area (Å²) in [4.78, 5) is 12.3. The first-order valence-electron chi connectivity index (χ1n) is 9.18. The van der Waals surface area contributed by atoms with Crippen LogP contribution in [0.5, 0.6) is 5.75 Å². The molecule has 0 saturated carbocycles. The summed E-state index contributed by atoms with van der Waals surface area (Å²) in [6, 6.07) is 24.0. The molecule has 0 radical (unpaired) electrons. The monoisotopic (exact) mass is 371 g/mol. The highest BCUT2D eigenvalue weighted by atomic mass is 16.5. The zero-order valence-corrected chi connectivity index (χ0v) is 15.6. The van der Waals surface area contributed by atoms with E-state index in [0.29, 0.717) is 18.7 Å². The first-order valence-corrected chi connectivity index (χ1v) is 9.18. The number of amides is 1. The number of carbonyl (C=O) groups is 1. The second-order valence-electron chi connectivity index (χ2n) is 6.63. The smallest absolute Gasteiger partial charge is 0.225 e. The zero-order valence-electron chi connectivity index (χ0n) is 15.6.